The number of ether oxygens (including phenoxy) is 1. The Morgan fingerprint density at radius 1 is 0.952 bits per heavy atom. The van der Waals surface area contributed by atoms with Gasteiger partial charge in [0.15, 0.2) is 0 Å². The van der Waals surface area contributed by atoms with Crippen LogP contribution in [0.2, 0.25) is 0 Å². The summed E-state index contributed by atoms with van der Waals surface area (Å²) in [7, 11) is 2.21. The van der Waals surface area contributed by atoms with E-state index in [0.717, 1.165) is 5.75 Å². The smallest absolute Gasteiger partial charge is 0.119 e. The van der Waals surface area contributed by atoms with Crippen molar-refractivity contribution in [3.8, 4) is 5.75 Å². The number of benzene rings is 2. The van der Waals surface area contributed by atoms with E-state index in [2.05, 4.69) is 48.3 Å². The normalized spacial score (nSPS) is 16.8. The molecule has 1 heterocycles. The average molecular weight is 281 g/mol. The van der Waals surface area contributed by atoms with Gasteiger partial charge in [0, 0.05) is 0 Å². The SMILES string of the molecule is CN1CCC(c2ccc(OCc3ccccc3)cc2)CC1. The summed E-state index contributed by atoms with van der Waals surface area (Å²) >= 11 is 0. The Hall–Kier alpha value is -1.80. The standard InChI is InChI=1S/C19H23NO/c1-20-13-11-18(12-14-20)17-7-9-19(10-8-17)21-15-16-5-3-2-4-6-16/h2-10,18H,11-15H2,1H3. The Bertz CT molecular complexity index is 542. The molecule has 1 saturated heterocycles. The molecular weight excluding hydrogens is 258 g/mol. The first-order chi connectivity index (χ1) is 10.3. The van der Waals surface area contributed by atoms with Crippen molar-refractivity contribution in [3.05, 3.63) is 65.7 Å². The second-order valence-corrected chi connectivity index (χ2v) is 5.92. The van der Waals surface area contributed by atoms with Gasteiger partial charge in [-0.15, -0.1) is 0 Å². The van der Waals surface area contributed by atoms with Gasteiger partial charge in [-0.1, -0.05) is 42.5 Å². The Morgan fingerprint density at radius 3 is 2.29 bits per heavy atom. The number of hydrogen-bond donors (Lipinski definition) is 0. The summed E-state index contributed by atoms with van der Waals surface area (Å²) in [5, 5.41) is 0. The highest BCUT2D eigenvalue weighted by atomic mass is 16.5. The molecule has 2 aromatic carbocycles. The lowest BCUT2D eigenvalue weighted by molar-refractivity contribution is 0.255. The summed E-state index contributed by atoms with van der Waals surface area (Å²) < 4.78 is 5.84. The van der Waals surface area contributed by atoms with Gasteiger partial charge in [0.2, 0.25) is 0 Å². The third-order valence-electron chi connectivity index (χ3n) is 4.32. The summed E-state index contributed by atoms with van der Waals surface area (Å²) in [5.41, 5.74) is 2.66. The Kier molecular flexibility index (Phi) is 4.56. The minimum Gasteiger partial charge on any atom is -0.489 e. The monoisotopic (exact) mass is 281 g/mol. The number of nitrogens with zero attached hydrogens (tertiary/aromatic N) is 1. The molecule has 0 atom stereocenters. The van der Waals surface area contributed by atoms with Gasteiger partial charge in [0.05, 0.1) is 0 Å². The van der Waals surface area contributed by atoms with Crippen LogP contribution in [0.5, 0.6) is 5.75 Å². The van der Waals surface area contributed by atoms with Gasteiger partial charge in [-0.05, 0) is 62.2 Å². The molecule has 0 spiro atoms. The molecule has 0 unspecified atom stereocenters. The molecule has 2 aromatic rings. The second kappa shape index (κ2) is 6.77. The molecule has 1 aliphatic heterocycles. The molecule has 1 aliphatic rings. The van der Waals surface area contributed by atoms with Crippen LogP contribution in [0.4, 0.5) is 0 Å². The molecule has 0 aliphatic carbocycles. The Balaban J connectivity index is 1.57. The zero-order valence-corrected chi connectivity index (χ0v) is 12.7. The zero-order chi connectivity index (χ0) is 14.5. The Labute approximate surface area is 127 Å². The van der Waals surface area contributed by atoms with E-state index in [-0.39, 0.29) is 0 Å². The van der Waals surface area contributed by atoms with Crippen LogP contribution in [0.1, 0.15) is 29.9 Å². The van der Waals surface area contributed by atoms with Crippen molar-refractivity contribution in [3.63, 3.8) is 0 Å². The van der Waals surface area contributed by atoms with Crippen LogP contribution < -0.4 is 4.74 Å². The molecule has 3 rings (SSSR count). The molecule has 0 aromatic heterocycles. The lowest BCUT2D eigenvalue weighted by atomic mass is 9.90. The van der Waals surface area contributed by atoms with E-state index in [1.807, 2.05) is 18.2 Å². The van der Waals surface area contributed by atoms with Crippen molar-refractivity contribution < 1.29 is 4.74 Å². The van der Waals surface area contributed by atoms with Gasteiger partial charge in [-0.2, -0.15) is 0 Å². The molecule has 21 heavy (non-hydrogen) atoms. The highest BCUT2D eigenvalue weighted by molar-refractivity contribution is 5.30. The maximum absolute atomic E-state index is 5.84. The van der Waals surface area contributed by atoms with E-state index in [0.29, 0.717) is 12.5 Å². The van der Waals surface area contributed by atoms with Gasteiger partial charge in [0.25, 0.3) is 0 Å². The number of hydrogen-bond acceptors (Lipinski definition) is 2. The molecule has 0 radical (unpaired) electrons. The van der Waals surface area contributed by atoms with Gasteiger partial charge in [0.1, 0.15) is 12.4 Å². The first-order valence-electron chi connectivity index (χ1n) is 7.76. The minimum absolute atomic E-state index is 0.633. The fraction of sp³-hybridized carbons (Fsp3) is 0.368. The van der Waals surface area contributed by atoms with Gasteiger partial charge in [-0.3, -0.25) is 0 Å². The van der Waals surface area contributed by atoms with Crippen molar-refractivity contribution >= 4 is 0 Å². The maximum atomic E-state index is 5.84. The van der Waals surface area contributed by atoms with E-state index in [1.165, 1.54) is 37.1 Å². The number of likely N-dealkylation sites (tertiary alicyclic amines) is 1. The van der Waals surface area contributed by atoms with Crippen LogP contribution in [0.25, 0.3) is 0 Å². The lowest BCUT2D eigenvalue weighted by Gasteiger charge is -2.29. The molecule has 2 heteroatoms. The predicted octanol–water partition coefficient (Wildman–Crippen LogP) is 4.07. The van der Waals surface area contributed by atoms with E-state index < -0.39 is 0 Å². The largest absolute Gasteiger partial charge is 0.489 e. The van der Waals surface area contributed by atoms with E-state index in [4.69, 9.17) is 4.74 Å². The molecule has 0 bridgehead atoms. The minimum atomic E-state index is 0.633. The van der Waals surface area contributed by atoms with Crippen LogP contribution >= 0.6 is 0 Å². The molecule has 110 valence electrons. The Morgan fingerprint density at radius 2 is 1.62 bits per heavy atom. The van der Waals surface area contributed by atoms with Gasteiger partial charge in [-0.25, -0.2) is 0 Å². The van der Waals surface area contributed by atoms with Crippen LogP contribution in [0, 0.1) is 0 Å². The van der Waals surface area contributed by atoms with E-state index in [9.17, 15) is 0 Å². The molecule has 0 saturated carbocycles. The summed E-state index contributed by atoms with van der Waals surface area (Å²) in [5.74, 6) is 1.67. The highest BCUT2D eigenvalue weighted by Crippen LogP contribution is 2.28. The predicted molar refractivity (Wildman–Crippen MR) is 86.7 cm³/mol. The third-order valence-corrected chi connectivity index (χ3v) is 4.32. The zero-order valence-electron chi connectivity index (χ0n) is 12.7. The van der Waals surface area contributed by atoms with Crippen molar-refractivity contribution in [2.24, 2.45) is 0 Å². The topological polar surface area (TPSA) is 12.5 Å². The summed E-state index contributed by atoms with van der Waals surface area (Å²) in [6, 6.07) is 19.0. The first-order valence-corrected chi connectivity index (χ1v) is 7.76. The molecule has 0 amide bonds. The van der Waals surface area contributed by atoms with Crippen LogP contribution in [0.3, 0.4) is 0 Å². The van der Waals surface area contributed by atoms with Gasteiger partial charge < -0.3 is 9.64 Å². The van der Waals surface area contributed by atoms with Crippen molar-refractivity contribution in [2.45, 2.75) is 25.4 Å². The molecular formula is C19H23NO. The molecule has 1 fully saturated rings. The van der Waals surface area contributed by atoms with E-state index >= 15 is 0 Å². The average Bonchev–Trinajstić information content (AvgIpc) is 2.55. The fourth-order valence-electron chi connectivity index (χ4n) is 2.92. The lowest BCUT2D eigenvalue weighted by Crippen LogP contribution is -2.29. The van der Waals surface area contributed by atoms with E-state index in [1.54, 1.807) is 0 Å². The second-order valence-electron chi connectivity index (χ2n) is 5.92. The summed E-state index contributed by atoms with van der Waals surface area (Å²) in [4.78, 5) is 2.41. The van der Waals surface area contributed by atoms with Crippen LogP contribution in [0.15, 0.2) is 54.6 Å². The van der Waals surface area contributed by atoms with Crippen molar-refractivity contribution in [1.82, 2.24) is 4.90 Å². The number of rotatable bonds is 4. The highest BCUT2D eigenvalue weighted by Gasteiger charge is 2.18. The van der Waals surface area contributed by atoms with Gasteiger partial charge >= 0.3 is 0 Å². The molecule has 2 nitrogen and oxygen atoms in total. The van der Waals surface area contributed by atoms with Crippen LogP contribution in [-0.4, -0.2) is 25.0 Å². The van der Waals surface area contributed by atoms with Crippen molar-refractivity contribution in [1.29, 1.82) is 0 Å². The first kappa shape index (κ1) is 14.2. The number of piperidine rings is 1. The van der Waals surface area contributed by atoms with Crippen molar-refractivity contribution in [2.75, 3.05) is 20.1 Å². The fourth-order valence-corrected chi connectivity index (χ4v) is 2.92. The van der Waals surface area contributed by atoms with Crippen LogP contribution in [-0.2, 0) is 6.61 Å². The maximum Gasteiger partial charge on any atom is 0.119 e. The molecule has 0 N–H and O–H groups in total. The third kappa shape index (κ3) is 3.85. The summed E-state index contributed by atoms with van der Waals surface area (Å²) in [6.45, 7) is 3.04. The quantitative estimate of drug-likeness (QED) is 0.837. The summed E-state index contributed by atoms with van der Waals surface area (Å²) in [6.07, 6.45) is 2.53.